The lowest BCUT2D eigenvalue weighted by molar-refractivity contribution is 0.577. The van der Waals surface area contributed by atoms with Crippen LogP contribution in [0.3, 0.4) is 0 Å². The van der Waals surface area contributed by atoms with Crippen molar-refractivity contribution in [1.82, 2.24) is 0 Å². The van der Waals surface area contributed by atoms with Gasteiger partial charge in [0.25, 0.3) is 0 Å². The van der Waals surface area contributed by atoms with Gasteiger partial charge in [-0.25, -0.2) is 13.2 Å². The molecule has 0 amide bonds. The Hall–Kier alpha value is -1.97. The zero-order valence-corrected chi connectivity index (χ0v) is 11.4. The smallest absolute Gasteiger partial charge is 0.152 e. The lowest BCUT2D eigenvalue weighted by atomic mass is 10.1. The van der Waals surface area contributed by atoms with Gasteiger partial charge in [0, 0.05) is 6.04 Å². The van der Waals surface area contributed by atoms with Gasteiger partial charge in [0.05, 0.1) is 0 Å². The van der Waals surface area contributed by atoms with E-state index in [2.05, 4.69) is 5.32 Å². The SMILES string of the molecule is Cc1ccc(F)c(NC(C)Cc2cccc(F)c2)c1F. The molecule has 4 heteroatoms. The van der Waals surface area contributed by atoms with E-state index in [0.717, 1.165) is 5.56 Å². The molecular weight excluding hydrogens is 263 g/mol. The highest BCUT2D eigenvalue weighted by Crippen LogP contribution is 2.23. The van der Waals surface area contributed by atoms with Gasteiger partial charge in [0.2, 0.25) is 0 Å². The van der Waals surface area contributed by atoms with Gasteiger partial charge in [-0.15, -0.1) is 0 Å². The van der Waals surface area contributed by atoms with Crippen LogP contribution >= 0.6 is 0 Å². The Labute approximate surface area is 116 Å². The number of halogens is 3. The molecule has 0 radical (unpaired) electrons. The van der Waals surface area contributed by atoms with Gasteiger partial charge in [0.1, 0.15) is 17.3 Å². The minimum absolute atomic E-state index is 0.131. The Morgan fingerprint density at radius 2 is 1.85 bits per heavy atom. The van der Waals surface area contributed by atoms with Crippen molar-refractivity contribution in [2.75, 3.05) is 5.32 Å². The lowest BCUT2D eigenvalue weighted by Crippen LogP contribution is -2.20. The molecule has 0 saturated heterocycles. The molecule has 1 unspecified atom stereocenters. The maximum atomic E-state index is 13.9. The number of rotatable bonds is 4. The average Bonchev–Trinajstić information content (AvgIpc) is 2.39. The fourth-order valence-corrected chi connectivity index (χ4v) is 2.10. The van der Waals surface area contributed by atoms with E-state index in [1.54, 1.807) is 26.0 Å². The van der Waals surface area contributed by atoms with E-state index in [9.17, 15) is 13.2 Å². The van der Waals surface area contributed by atoms with E-state index in [1.807, 2.05) is 0 Å². The van der Waals surface area contributed by atoms with Crippen LogP contribution in [0.15, 0.2) is 36.4 Å². The second-order valence-corrected chi connectivity index (χ2v) is 4.93. The van der Waals surface area contributed by atoms with Crippen LogP contribution in [0.4, 0.5) is 18.9 Å². The van der Waals surface area contributed by atoms with E-state index in [-0.39, 0.29) is 17.5 Å². The van der Waals surface area contributed by atoms with Gasteiger partial charge in [0.15, 0.2) is 5.82 Å². The second kappa shape index (κ2) is 5.99. The molecular formula is C16H16F3N. The first-order valence-electron chi connectivity index (χ1n) is 6.43. The van der Waals surface area contributed by atoms with Crippen molar-refractivity contribution < 1.29 is 13.2 Å². The lowest BCUT2D eigenvalue weighted by Gasteiger charge is -2.17. The summed E-state index contributed by atoms with van der Waals surface area (Å²) in [6, 6.07) is 8.59. The topological polar surface area (TPSA) is 12.0 Å². The van der Waals surface area contributed by atoms with E-state index >= 15 is 0 Å². The first kappa shape index (κ1) is 14.4. The van der Waals surface area contributed by atoms with E-state index in [1.165, 1.54) is 24.3 Å². The largest absolute Gasteiger partial charge is 0.377 e. The Balaban J connectivity index is 2.12. The summed E-state index contributed by atoms with van der Waals surface area (Å²) >= 11 is 0. The van der Waals surface area contributed by atoms with Gasteiger partial charge < -0.3 is 5.32 Å². The molecule has 2 aromatic carbocycles. The molecule has 1 nitrogen and oxygen atoms in total. The average molecular weight is 279 g/mol. The predicted octanol–water partition coefficient (Wildman–Crippen LogP) is 4.46. The molecule has 0 aliphatic rings. The van der Waals surface area contributed by atoms with Gasteiger partial charge in [-0.3, -0.25) is 0 Å². The standard InChI is InChI=1S/C16H16F3N/c1-10-6-7-14(18)16(15(10)19)20-11(2)8-12-4-3-5-13(17)9-12/h3-7,9,11,20H,8H2,1-2H3. The summed E-state index contributed by atoms with van der Waals surface area (Å²) in [5.41, 5.74) is 1.03. The number of nitrogens with one attached hydrogen (secondary N) is 1. The van der Waals surface area contributed by atoms with Crippen LogP contribution in [-0.2, 0) is 6.42 Å². The molecule has 0 saturated carbocycles. The maximum Gasteiger partial charge on any atom is 0.152 e. The number of hydrogen-bond donors (Lipinski definition) is 1. The van der Waals surface area contributed by atoms with Crippen LogP contribution < -0.4 is 5.32 Å². The first-order valence-corrected chi connectivity index (χ1v) is 6.43. The zero-order valence-electron chi connectivity index (χ0n) is 11.4. The minimum Gasteiger partial charge on any atom is -0.377 e. The highest BCUT2D eigenvalue weighted by Gasteiger charge is 2.14. The molecule has 106 valence electrons. The van der Waals surface area contributed by atoms with Crippen molar-refractivity contribution in [3.63, 3.8) is 0 Å². The van der Waals surface area contributed by atoms with E-state index in [4.69, 9.17) is 0 Å². The fraction of sp³-hybridized carbons (Fsp3) is 0.250. The summed E-state index contributed by atoms with van der Waals surface area (Å²) < 4.78 is 40.6. The zero-order chi connectivity index (χ0) is 14.7. The molecule has 0 aliphatic carbocycles. The molecule has 2 aromatic rings. The molecule has 1 atom stereocenters. The quantitative estimate of drug-likeness (QED) is 0.871. The van der Waals surface area contributed by atoms with Crippen molar-refractivity contribution in [1.29, 1.82) is 0 Å². The highest BCUT2D eigenvalue weighted by atomic mass is 19.1. The van der Waals surface area contributed by atoms with Crippen molar-refractivity contribution in [3.8, 4) is 0 Å². The number of hydrogen-bond acceptors (Lipinski definition) is 1. The highest BCUT2D eigenvalue weighted by molar-refractivity contribution is 5.49. The number of benzene rings is 2. The van der Waals surface area contributed by atoms with Crippen LogP contribution in [0.25, 0.3) is 0 Å². The minimum atomic E-state index is -0.626. The molecule has 20 heavy (non-hydrogen) atoms. The normalized spacial score (nSPS) is 12.2. The van der Waals surface area contributed by atoms with Gasteiger partial charge in [-0.05, 0) is 49.6 Å². The Morgan fingerprint density at radius 1 is 1.10 bits per heavy atom. The third-order valence-corrected chi connectivity index (χ3v) is 3.11. The summed E-state index contributed by atoms with van der Waals surface area (Å²) in [4.78, 5) is 0. The molecule has 0 fully saturated rings. The molecule has 0 heterocycles. The van der Waals surface area contributed by atoms with Crippen molar-refractivity contribution in [2.24, 2.45) is 0 Å². The molecule has 2 rings (SSSR count). The molecule has 0 aliphatic heterocycles. The molecule has 0 aromatic heterocycles. The summed E-state index contributed by atoms with van der Waals surface area (Å²) in [7, 11) is 0. The second-order valence-electron chi connectivity index (χ2n) is 4.93. The molecule has 1 N–H and O–H groups in total. The van der Waals surface area contributed by atoms with E-state index in [0.29, 0.717) is 12.0 Å². The van der Waals surface area contributed by atoms with Crippen molar-refractivity contribution >= 4 is 5.69 Å². The fourth-order valence-electron chi connectivity index (χ4n) is 2.10. The summed E-state index contributed by atoms with van der Waals surface area (Å²) in [6.45, 7) is 3.38. The predicted molar refractivity (Wildman–Crippen MR) is 74.3 cm³/mol. The Kier molecular flexibility index (Phi) is 4.32. The van der Waals surface area contributed by atoms with Crippen LogP contribution in [0, 0.1) is 24.4 Å². The van der Waals surface area contributed by atoms with Crippen LogP contribution in [-0.4, -0.2) is 6.04 Å². The molecule has 0 spiro atoms. The number of aryl methyl sites for hydroxylation is 1. The van der Waals surface area contributed by atoms with Gasteiger partial charge >= 0.3 is 0 Å². The third-order valence-electron chi connectivity index (χ3n) is 3.11. The van der Waals surface area contributed by atoms with Gasteiger partial charge in [-0.1, -0.05) is 18.2 Å². The van der Waals surface area contributed by atoms with Crippen LogP contribution in [0.1, 0.15) is 18.1 Å². The number of anilines is 1. The summed E-state index contributed by atoms with van der Waals surface area (Å²) in [5, 5.41) is 2.81. The third kappa shape index (κ3) is 3.32. The van der Waals surface area contributed by atoms with Gasteiger partial charge in [-0.2, -0.15) is 0 Å². The summed E-state index contributed by atoms with van der Waals surface area (Å²) in [5.74, 6) is -1.53. The molecule has 0 bridgehead atoms. The van der Waals surface area contributed by atoms with Crippen LogP contribution in [0.2, 0.25) is 0 Å². The van der Waals surface area contributed by atoms with Crippen molar-refractivity contribution in [2.45, 2.75) is 26.3 Å². The monoisotopic (exact) mass is 279 g/mol. The summed E-state index contributed by atoms with van der Waals surface area (Å²) in [6.07, 6.45) is 0.477. The first-order chi connectivity index (χ1) is 9.47. The Bertz CT molecular complexity index is 611. The van der Waals surface area contributed by atoms with Crippen molar-refractivity contribution in [3.05, 3.63) is 65.0 Å². The maximum absolute atomic E-state index is 13.9. The van der Waals surface area contributed by atoms with E-state index < -0.39 is 11.6 Å². The Morgan fingerprint density at radius 3 is 2.55 bits per heavy atom. The van der Waals surface area contributed by atoms with Crippen LogP contribution in [0.5, 0.6) is 0 Å².